The molecule has 4 rings (SSSR count). The van der Waals surface area contributed by atoms with Crippen LogP contribution < -0.4 is 26.9 Å². The molecule has 0 aromatic heterocycles. The lowest BCUT2D eigenvalue weighted by Crippen LogP contribution is -2.16. The van der Waals surface area contributed by atoms with Crippen LogP contribution in [0.15, 0.2) is 46.4 Å². The summed E-state index contributed by atoms with van der Waals surface area (Å²) >= 11 is 0. The zero-order valence-corrected chi connectivity index (χ0v) is 10.0. The Morgan fingerprint density at radius 2 is 1.84 bits per heavy atom. The predicted molar refractivity (Wildman–Crippen MR) is 76.9 cm³/mol. The van der Waals surface area contributed by atoms with Gasteiger partial charge in [0.2, 0.25) is 0 Å². The van der Waals surface area contributed by atoms with Crippen molar-refractivity contribution in [3.8, 4) is 0 Å². The van der Waals surface area contributed by atoms with Gasteiger partial charge < -0.3 is 16.4 Å². The second-order valence-electron chi connectivity index (χ2n) is 4.51. The van der Waals surface area contributed by atoms with Gasteiger partial charge in [-0.25, -0.2) is 9.98 Å². The van der Waals surface area contributed by atoms with Crippen molar-refractivity contribution in [2.24, 2.45) is 9.98 Å². The van der Waals surface area contributed by atoms with E-state index in [1.54, 1.807) is 6.34 Å². The maximum absolute atomic E-state index is 5.78. The van der Waals surface area contributed by atoms with E-state index in [0.29, 0.717) is 0 Å². The highest BCUT2D eigenvalue weighted by atomic mass is 15.2. The zero-order chi connectivity index (χ0) is 12.8. The molecule has 0 amide bonds. The topological polar surface area (TPSA) is 74.8 Å². The van der Waals surface area contributed by atoms with Crippen LogP contribution in [0.4, 0.5) is 22.7 Å². The Balaban J connectivity index is 1.85. The Hall–Kier alpha value is -2.82. The van der Waals surface area contributed by atoms with Gasteiger partial charge in [0.1, 0.15) is 12.2 Å². The lowest BCUT2D eigenvalue weighted by Gasteiger charge is -2.00. The third-order valence-corrected chi connectivity index (χ3v) is 3.22. The Kier molecular flexibility index (Phi) is 1.91. The summed E-state index contributed by atoms with van der Waals surface area (Å²) in [6.45, 7) is 0. The number of nitrogens with zero attached hydrogens (tertiary/aromatic N) is 2. The second kappa shape index (κ2) is 3.58. The molecule has 5 nitrogen and oxygen atoms in total. The lowest BCUT2D eigenvalue weighted by atomic mass is 10.2. The third-order valence-electron chi connectivity index (χ3n) is 3.22. The van der Waals surface area contributed by atoms with Gasteiger partial charge in [-0.3, -0.25) is 0 Å². The van der Waals surface area contributed by atoms with Crippen molar-refractivity contribution in [3.05, 3.63) is 47.0 Å². The molecular weight excluding hydrogens is 238 g/mol. The summed E-state index contributed by atoms with van der Waals surface area (Å²) in [5.74, 6) is 0.936. The van der Waals surface area contributed by atoms with Crippen LogP contribution in [0.1, 0.15) is 0 Å². The number of hydrogen-bond acceptors (Lipinski definition) is 5. The summed E-state index contributed by atoms with van der Waals surface area (Å²) in [4.78, 5) is 8.37. The number of aliphatic imine (C=N–C) groups is 1. The largest absolute Gasteiger partial charge is 0.399 e. The number of hydrogen-bond donors (Lipinski definition) is 3. The van der Waals surface area contributed by atoms with E-state index in [4.69, 9.17) is 5.73 Å². The highest BCUT2D eigenvalue weighted by Gasteiger charge is 2.14. The first-order chi connectivity index (χ1) is 9.29. The summed E-state index contributed by atoms with van der Waals surface area (Å²) < 4.78 is 0. The molecular formula is C14H11N5. The van der Waals surface area contributed by atoms with Gasteiger partial charge in [-0.1, -0.05) is 0 Å². The molecule has 2 aromatic carbocycles. The van der Waals surface area contributed by atoms with Crippen LogP contribution in [0, 0.1) is 0 Å². The summed E-state index contributed by atoms with van der Waals surface area (Å²) in [6.07, 6.45) is 1.57. The van der Waals surface area contributed by atoms with Crippen LogP contribution >= 0.6 is 0 Å². The predicted octanol–water partition coefficient (Wildman–Crippen LogP) is 1.17. The average Bonchev–Trinajstić information content (AvgIpc) is 3.02. The standard InChI is InChI=1S/C14H11N5/c15-9-2-4-11-13(6-9)19-14(18-11)8-1-3-10-12(5-8)17-7-16-10/h1-7,18-19H,15H2. The second-order valence-corrected chi connectivity index (χ2v) is 4.51. The van der Waals surface area contributed by atoms with Crippen LogP contribution in [0.5, 0.6) is 0 Å². The molecule has 0 saturated heterocycles. The molecule has 2 heterocycles. The third kappa shape index (κ3) is 1.55. The maximum atomic E-state index is 5.78. The highest BCUT2D eigenvalue weighted by Crippen LogP contribution is 2.32. The molecule has 0 saturated carbocycles. The number of nitrogens with two attached hydrogens (primary N) is 1. The minimum Gasteiger partial charge on any atom is -0.399 e. The summed E-state index contributed by atoms with van der Waals surface area (Å²) in [5, 5.41) is 8.61. The van der Waals surface area contributed by atoms with Crippen molar-refractivity contribution in [2.75, 3.05) is 16.4 Å². The highest BCUT2D eigenvalue weighted by molar-refractivity contribution is 5.92. The smallest absolute Gasteiger partial charge is 0.116 e. The number of nitrogen functional groups attached to an aromatic ring is 1. The fourth-order valence-corrected chi connectivity index (χ4v) is 2.26. The molecule has 0 spiro atoms. The fourth-order valence-electron chi connectivity index (χ4n) is 2.26. The molecule has 92 valence electrons. The maximum Gasteiger partial charge on any atom is 0.116 e. The van der Waals surface area contributed by atoms with Crippen molar-refractivity contribution in [1.82, 2.24) is 0 Å². The van der Waals surface area contributed by atoms with E-state index in [9.17, 15) is 0 Å². The Labute approximate surface area is 109 Å². The van der Waals surface area contributed by atoms with Gasteiger partial charge >= 0.3 is 0 Å². The van der Waals surface area contributed by atoms with E-state index in [0.717, 1.165) is 39.1 Å². The van der Waals surface area contributed by atoms with Gasteiger partial charge in [0, 0.05) is 10.9 Å². The minimum atomic E-state index is 0.742. The molecule has 4 N–H and O–H groups in total. The zero-order valence-electron chi connectivity index (χ0n) is 10.0. The molecule has 19 heavy (non-hydrogen) atoms. The van der Waals surface area contributed by atoms with Crippen LogP contribution in [0.3, 0.4) is 0 Å². The number of fused-ring (bicyclic) bond motifs is 2. The molecule has 0 atom stereocenters. The number of nitrogens with one attached hydrogen (secondary N) is 2. The van der Waals surface area contributed by atoms with Gasteiger partial charge in [-0.15, -0.1) is 0 Å². The molecule has 0 fully saturated rings. The van der Waals surface area contributed by atoms with E-state index >= 15 is 0 Å². The fraction of sp³-hybridized carbons (Fsp3) is 0. The van der Waals surface area contributed by atoms with Crippen LogP contribution in [-0.2, 0) is 0 Å². The molecule has 2 aromatic rings. The van der Waals surface area contributed by atoms with Crippen LogP contribution in [-0.4, -0.2) is 6.34 Å². The van der Waals surface area contributed by atoms with Crippen molar-refractivity contribution >= 4 is 34.9 Å². The van der Waals surface area contributed by atoms with Gasteiger partial charge in [-0.2, -0.15) is 0 Å². The van der Waals surface area contributed by atoms with Crippen molar-refractivity contribution in [1.29, 1.82) is 0 Å². The van der Waals surface area contributed by atoms with E-state index < -0.39 is 0 Å². The normalized spacial score (nSPS) is 17.3. The van der Waals surface area contributed by atoms with Gasteiger partial charge in [0.15, 0.2) is 0 Å². The Bertz CT molecular complexity index is 835. The van der Waals surface area contributed by atoms with Gasteiger partial charge in [0.05, 0.1) is 22.4 Å². The number of anilines is 3. The summed E-state index contributed by atoms with van der Waals surface area (Å²) in [6, 6.07) is 11.7. The first kappa shape index (κ1) is 10.1. The van der Waals surface area contributed by atoms with E-state index in [1.165, 1.54) is 0 Å². The monoisotopic (exact) mass is 249 g/mol. The quantitative estimate of drug-likeness (QED) is 0.613. The molecule has 2 aliphatic rings. The first-order valence-corrected chi connectivity index (χ1v) is 5.98. The first-order valence-electron chi connectivity index (χ1n) is 5.98. The van der Waals surface area contributed by atoms with Crippen molar-refractivity contribution in [3.63, 3.8) is 0 Å². The number of benzene rings is 2. The molecule has 5 heteroatoms. The van der Waals surface area contributed by atoms with E-state index in [1.807, 2.05) is 36.4 Å². The SMILES string of the molecule is Nc1ccc2c(c1)NC(=c1ccc3c(c1)N=CN=3)N2. The summed E-state index contributed by atoms with van der Waals surface area (Å²) in [5.41, 5.74) is 9.43. The van der Waals surface area contributed by atoms with E-state index in [-0.39, 0.29) is 0 Å². The molecule has 0 bridgehead atoms. The molecule has 2 aliphatic heterocycles. The number of rotatable bonds is 0. The average molecular weight is 249 g/mol. The van der Waals surface area contributed by atoms with Crippen LogP contribution in [0.25, 0.3) is 5.82 Å². The van der Waals surface area contributed by atoms with Gasteiger partial charge in [-0.05, 0) is 36.4 Å². The van der Waals surface area contributed by atoms with Gasteiger partial charge in [0.25, 0.3) is 0 Å². The Morgan fingerprint density at radius 1 is 0.947 bits per heavy atom. The minimum absolute atomic E-state index is 0.742. The lowest BCUT2D eigenvalue weighted by molar-refractivity contribution is 1.41. The van der Waals surface area contributed by atoms with Crippen LogP contribution in [0.2, 0.25) is 0 Å². The molecule has 0 unspecified atom stereocenters. The van der Waals surface area contributed by atoms with Crippen molar-refractivity contribution in [2.45, 2.75) is 0 Å². The molecule has 0 aliphatic carbocycles. The van der Waals surface area contributed by atoms with E-state index in [2.05, 4.69) is 20.6 Å². The molecule has 0 radical (unpaired) electrons. The summed E-state index contributed by atoms with van der Waals surface area (Å²) in [7, 11) is 0. The van der Waals surface area contributed by atoms with Crippen molar-refractivity contribution < 1.29 is 0 Å². The Morgan fingerprint density at radius 3 is 2.79 bits per heavy atom.